The summed E-state index contributed by atoms with van der Waals surface area (Å²) in [5.74, 6) is 0. The number of hydrogen-bond acceptors (Lipinski definition) is 2. The minimum Gasteiger partial charge on any atom is -0.314 e. The minimum atomic E-state index is -0.506. The Balaban J connectivity index is 1.55. The third-order valence-corrected chi connectivity index (χ3v) is 8.29. The molecule has 0 radical (unpaired) electrons. The van der Waals surface area contributed by atoms with E-state index in [-0.39, 0.29) is 36.6 Å². The molecule has 38 heavy (non-hydrogen) atoms. The molecule has 2 nitrogen and oxygen atoms in total. The van der Waals surface area contributed by atoms with E-state index in [4.69, 9.17) is 6.85 Å². The fourth-order valence-corrected chi connectivity index (χ4v) is 6.86. The normalized spacial score (nSPS) is 17.9. The first-order valence-corrected chi connectivity index (χ1v) is 13.0. The molecule has 0 saturated heterocycles. The van der Waals surface area contributed by atoms with Crippen LogP contribution in [0.5, 0.6) is 0 Å². The maximum atomic E-state index is 9.06. The summed E-state index contributed by atoms with van der Waals surface area (Å²) >= 11 is 0. The average molecular weight is 491 g/mol. The monoisotopic (exact) mass is 491 g/mol. The number of anilines is 5. The van der Waals surface area contributed by atoms with Crippen LogP contribution in [0.2, 0.25) is 0 Å². The zero-order valence-corrected chi connectivity index (χ0v) is 21.2. The first kappa shape index (κ1) is 17.1. The van der Waals surface area contributed by atoms with Crippen LogP contribution in [0, 0.1) is 0 Å². The number of benzene rings is 5. The fraction of sp³-hybridized carbons (Fsp3) is 0.0857. The van der Waals surface area contributed by atoms with E-state index < -0.39 is 11.5 Å². The Morgan fingerprint density at radius 1 is 0.632 bits per heavy atom. The maximum absolute atomic E-state index is 9.06. The Morgan fingerprint density at radius 2 is 1.29 bits per heavy atom. The molecule has 1 aliphatic carbocycles. The molecule has 0 aromatic heterocycles. The molecular formula is C35H27BN2. The van der Waals surface area contributed by atoms with Crippen molar-refractivity contribution >= 4 is 51.5 Å². The summed E-state index contributed by atoms with van der Waals surface area (Å²) < 4.78 is 43.6. The van der Waals surface area contributed by atoms with Crippen LogP contribution in [-0.4, -0.2) is 6.71 Å². The molecule has 180 valence electrons. The van der Waals surface area contributed by atoms with E-state index >= 15 is 0 Å². The van der Waals surface area contributed by atoms with E-state index in [9.17, 15) is 0 Å². The van der Waals surface area contributed by atoms with Gasteiger partial charge in [0.25, 0.3) is 6.71 Å². The van der Waals surface area contributed by atoms with Crippen molar-refractivity contribution < 1.29 is 6.85 Å². The van der Waals surface area contributed by atoms with Gasteiger partial charge in [0.15, 0.2) is 0 Å². The lowest BCUT2D eigenvalue weighted by molar-refractivity contribution is 0.626. The Labute approximate surface area is 231 Å². The van der Waals surface area contributed by atoms with Crippen molar-refractivity contribution in [3.05, 3.63) is 144 Å². The predicted molar refractivity (Wildman–Crippen MR) is 161 cm³/mol. The zero-order chi connectivity index (χ0) is 29.8. The zero-order valence-electron chi connectivity index (χ0n) is 26.2. The van der Waals surface area contributed by atoms with E-state index in [1.165, 1.54) is 5.46 Å². The third-order valence-electron chi connectivity index (χ3n) is 8.29. The van der Waals surface area contributed by atoms with E-state index in [0.717, 1.165) is 50.5 Å². The second-order valence-corrected chi connectivity index (χ2v) is 10.6. The van der Waals surface area contributed by atoms with Crippen molar-refractivity contribution in [1.82, 2.24) is 0 Å². The molecule has 3 heteroatoms. The van der Waals surface area contributed by atoms with Crippen LogP contribution in [0.3, 0.4) is 0 Å². The van der Waals surface area contributed by atoms with E-state index in [1.807, 2.05) is 35.2 Å². The van der Waals surface area contributed by atoms with Gasteiger partial charge in [0.05, 0.1) is 6.85 Å². The van der Waals surface area contributed by atoms with E-state index in [0.29, 0.717) is 0 Å². The van der Waals surface area contributed by atoms with Crippen LogP contribution < -0.4 is 20.7 Å². The highest BCUT2D eigenvalue weighted by Crippen LogP contribution is 2.55. The van der Waals surface area contributed by atoms with Crippen molar-refractivity contribution in [2.45, 2.75) is 19.3 Å². The maximum Gasteiger partial charge on any atom is 0.252 e. The summed E-state index contributed by atoms with van der Waals surface area (Å²) in [5.41, 5.74) is 10.2. The SMILES string of the molecule is [2H]c1c([2H])c([2H])c(N2C3=C(B4c5ccccc5N(c5ccccc5)c5cccc2c54)c2ccccc2C3(C)C)c([2H])c1[2H]. The summed E-state index contributed by atoms with van der Waals surface area (Å²) in [6.07, 6.45) is 0. The second kappa shape index (κ2) is 7.75. The van der Waals surface area contributed by atoms with Crippen molar-refractivity contribution in [3.63, 3.8) is 0 Å². The molecule has 0 amide bonds. The largest absolute Gasteiger partial charge is 0.314 e. The Kier molecular flexibility index (Phi) is 3.49. The smallest absolute Gasteiger partial charge is 0.252 e. The minimum absolute atomic E-state index is 0.110. The van der Waals surface area contributed by atoms with Crippen molar-refractivity contribution in [3.8, 4) is 0 Å². The van der Waals surface area contributed by atoms with Crippen molar-refractivity contribution in [2.24, 2.45) is 0 Å². The van der Waals surface area contributed by atoms with Crippen LogP contribution in [0.15, 0.2) is 133 Å². The van der Waals surface area contributed by atoms with Gasteiger partial charge in [-0.2, -0.15) is 0 Å². The average Bonchev–Trinajstić information content (AvgIpc) is 3.27. The molecule has 3 aliphatic rings. The van der Waals surface area contributed by atoms with Crippen LogP contribution in [-0.2, 0) is 5.41 Å². The molecule has 0 unspecified atom stereocenters. The van der Waals surface area contributed by atoms with Crippen LogP contribution in [0.25, 0.3) is 5.47 Å². The summed E-state index contributed by atoms with van der Waals surface area (Å²) in [4.78, 5) is 4.25. The van der Waals surface area contributed by atoms with Gasteiger partial charge in [-0.15, -0.1) is 0 Å². The number of allylic oxidation sites excluding steroid dienone is 1. The van der Waals surface area contributed by atoms with Gasteiger partial charge in [0.2, 0.25) is 0 Å². The topological polar surface area (TPSA) is 6.48 Å². The lowest BCUT2D eigenvalue weighted by Crippen LogP contribution is -2.55. The van der Waals surface area contributed by atoms with Gasteiger partial charge >= 0.3 is 0 Å². The highest BCUT2D eigenvalue weighted by atomic mass is 15.2. The first-order chi connectivity index (χ1) is 20.7. The highest BCUT2D eigenvalue weighted by molar-refractivity contribution is 7.03. The van der Waals surface area contributed by atoms with E-state index in [2.05, 4.69) is 85.5 Å². The Hall–Kier alpha value is -4.50. The highest BCUT2D eigenvalue weighted by Gasteiger charge is 2.51. The van der Waals surface area contributed by atoms with E-state index in [1.54, 1.807) is 0 Å². The van der Waals surface area contributed by atoms with Gasteiger partial charge in [-0.3, -0.25) is 0 Å². The molecule has 2 aliphatic heterocycles. The van der Waals surface area contributed by atoms with Gasteiger partial charge < -0.3 is 9.80 Å². The number of hydrogen-bond donors (Lipinski definition) is 0. The molecule has 5 aromatic rings. The van der Waals surface area contributed by atoms with Gasteiger partial charge in [0, 0.05) is 39.5 Å². The molecule has 0 atom stereocenters. The Morgan fingerprint density at radius 3 is 2.11 bits per heavy atom. The van der Waals surface area contributed by atoms with Gasteiger partial charge in [-0.1, -0.05) is 98.7 Å². The second-order valence-electron chi connectivity index (χ2n) is 10.6. The molecule has 0 fully saturated rings. The number of rotatable bonds is 2. The summed E-state index contributed by atoms with van der Waals surface area (Å²) in [7, 11) is 0. The number of para-hydroxylation sites is 3. The number of nitrogens with zero attached hydrogens (tertiary/aromatic N) is 2. The molecule has 0 saturated carbocycles. The fourth-order valence-electron chi connectivity index (χ4n) is 6.86. The summed E-state index contributed by atoms with van der Waals surface area (Å²) in [6.45, 7) is 4.24. The molecule has 8 rings (SSSR count). The van der Waals surface area contributed by atoms with Gasteiger partial charge in [-0.25, -0.2) is 0 Å². The van der Waals surface area contributed by atoms with Crippen LogP contribution >= 0.6 is 0 Å². The van der Waals surface area contributed by atoms with Crippen molar-refractivity contribution in [2.75, 3.05) is 9.80 Å². The molecule has 5 aromatic carbocycles. The van der Waals surface area contributed by atoms with Crippen molar-refractivity contribution in [1.29, 1.82) is 0 Å². The van der Waals surface area contributed by atoms with Crippen LogP contribution in [0.4, 0.5) is 28.4 Å². The Bertz CT molecular complexity index is 2010. The predicted octanol–water partition coefficient (Wildman–Crippen LogP) is 7.47. The molecule has 0 bridgehead atoms. The molecule has 2 heterocycles. The standard InChI is InChI=1S/C35H27BN2/c1-35(2)27-19-10-9-18-26(27)32-34(35)38(25-16-7-4-8-17-25)31-23-13-22-30-33(31)36(32)28-20-11-12-21-29(28)37(30)24-14-5-3-6-15-24/h3-23H,1-2H3/i4D,7D,8D,16D,17D. The van der Waals surface area contributed by atoms with Crippen LogP contribution in [0.1, 0.15) is 31.8 Å². The lowest BCUT2D eigenvalue weighted by atomic mass is 9.32. The van der Waals surface area contributed by atoms with Gasteiger partial charge in [-0.05, 0) is 69.9 Å². The first-order valence-electron chi connectivity index (χ1n) is 15.5. The third kappa shape index (κ3) is 2.74. The summed E-state index contributed by atoms with van der Waals surface area (Å²) in [5, 5.41) is 0. The quantitative estimate of drug-likeness (QED) is 0.236. The number of fused-ring (bicyclic) bond motifs is 5. The molecule has 0 spiro atoms. The molecule has 0 N–H and O–H groups in total. The molecular weight excluding hydrogens is 459 g/mol. The summed E-state index contributed by atoms with van der Waals surface area (Å²) in [6, 6.07) is 32.0. The lowest BCUT2D eigenvalue weighted by Gasteiger charge is -2.46. The van der Waals surface area contributed by atoms with Gasteiger partial charge in [0.1, 0.15) is 0 Å².